The zero-order chi connectivity index (χ0) is 10.3. The van der Waals surface area contributed by atoms with Crippen LogP contribution < -0.4 is 4.90 Å². The summed E-state index contributed by atoms with van der Waals surface area (Å²) in [6.45, 7) is 1.56. The topological polar surface area (TPSA) is 66.3 Å². The normalized spacial score (nSPS) is 22.4. The molecule has 7 heteroatoms. The van der Waals surface area contributed by atoms with E-state index < -0.39 is 6.23 Å². The van der Waals surface area contributed by atoms with E-state index in [0.717, 1.165) is 16.4 Å². The van der Waals surface area contributed by atoms with Crippen molar-refractivity contribution in [1.82, 2.24) is 9.36 Å². The summed E-state index contributed by atoms with van der Waals surface area (Å²) in [5.74, 6) is -0.334. The number of rotatable bonds is 1. The Morgan fingerprint density at radius 1 is 1.71 bits per heavy atom. The maximum absolute atomic E-state index is 11.6. The van der Waals surface area contributed by atoms with Gasteiger partial charge in [-0.2, -0.15) is 4.37 Å². The fraction of sp³-hybridized carbons (Fsp3) is 0.286. The number of hydrogen-bond donors (Lipinski definition) is 1. The molecule has 0 bridgehead atoms. The van der Waals surface area contributed by atoms with Crippen LogP contribution in [0.15, 0.2) is 16.9 Å². The quantitative estimate of drug-likeness (QED) is 0.773. The summed E-state index contributed by atoms with van der Waals surface area (Å²) >= 11 is 6.77. The van der Waals surface area contributed by atoms with Crippen molar-refractivity contribution >= 4 is 34.2 Å². The highest BCUT2D eigenvalue weighted by Crippen LogP contribution is 2.31. The van der Waals surface area contributed by atoms with Gasteiger partial charge in [-0.05, 0) is 6.92 Å². The molecule has 5 nitrogen and oxygen atoms in total. The molecule has 74 valence electrons. The summed E-state index contributed by atoms with van der Waals surface area (Å²) in [4.78, 5) is 16.5. The van der Waals surface area contributed by atoms with Crippen LogP contribution in [0.2, 0.25) is 0 Å². The second-order valence-electron chi connectivity index (χ2n) is 2.75. The number of aromatic nitrogens is 2. The van der Waals surface area contributed by atoms with Gasteiger partial charge in [0.15, 0.2) is 6.23 Å². The first-order valence-corrected chi connectivity index (χ1v) is 4.92. The van der Waals surface area contributed by atoms with Gasteiger partial charge in [-0.15, -0.1) is 0 Å². The highest BCUT2D eigenvalue weighted by molar-refractivity contribution is 7.09. The zero-order valence-corrected chi connectivity index (χ0v) is 8.71. The van der Waals surface area contributed by atoms with E-state index in [9.17, 15) is 9.90 Å². The lowest BCUT2D eigenvalue weighted by molar-refractivity contribution is -0.115. The van der Waals surface area contributed by atoms with Crippen molar-refractivity contribution < 1.29 is 9.90 Å². The third kappa shape index (κ3) is 1.23. The van der Waals surface area contributed by atoms with Crippen LogP contribution in [0, 0.1) is 0 Å². The van der Waals surface area contributed by atoms with Crippen molar-refractivity contribution in [3.63, 3.8) is 0 Å². The number of aliphatic hydroxyl groups is 1. The smallest absolute Gasteiger partial charge is 0.259 e. The summed E-state index contributed by atoms with van der Waals surface area (Å²) in [5, 5.41) is 10.1. The van der Waals surface area contributed by atoms with Gasteiger partial charge in [0.25, 0.3) is 5.91 Å². The van der Waals surface area contributed by atoms with Gasteiger partial charge in [-0.1, -0.05) is 11.6 Å². The highest BCUT2D eigenvalue weighted by atomic mass is 35.5. The second kappa shape index (κ2) is 3.30. The number of aliphatic hydroxyl groups excluding tert-OH is 1. The van der Waals surface area contributed by atoms with E-state index in [4.69, 9.17) is 11.6 Å². The fourth-order valence-corrected chi connectivity index (χ4v) is 1.90. The summed E-state index contributed by atoms with van der Waals surface area (Å²) < 4.78 is 3.75. The molecule has 1 unspecified atom stereocenters. The van der Waals surface area contributed by atoms with Gasteiger partial charge < -0.3 is 5.11 Å². The Balaban J connectivity index is 2.39. The maximum Gasteiger partial charge on any atom is 0.259 e. The Kier molecular flexibility index (Phi) is 2.26. The van der Waals surface area contributed by atoms with Crippen molar-refractivity contribution in [3.05, 3.63) is 16.9 Å². The Morgan fingerprint density at radius 2 is 2.43 bits per heavy atom. The molecule has 2 heterocycles. The Labute approximate surface area is 88.8 Å². The lowest BCUT2D eigenvalue weighted by Crippen LogP contribution is -2.34. The molecule has 0 saturated carbocycles. The van der Waals surface area contributed by atoms with Crippen molar-refractivity contribution in [1.29, 1.82) is 0 Å². The molecule has 1 aliphatic rings. The lowest BCUT2D eigenvalue weighted by Gasteiger charge is -2.16. The second-order valence-corrected chi connectivity index (χ2v) is 3.91. The standard InChI is InChI=1S/C7H6ClN3O2S/c1-3-4(8)6(13)11(5(3)12)7-9-2-10-14-7/h2,6,13H,1H3. The van der Waals surface area contributed by atoms with Gasteiger partial charge in [0.1, 0.15) is 6.33 Å². The third-order valence-corrected chi connectivity index (χ3v) is 3.07. The van der Waals surface area contributed by atoms with E-state index in [0.29, 0.717) is 10.7 Å². The molecule has 1 amide bonds. The minimum absolute atomic E-state index is 0.144. The average Bonchev–Trinajstić information content (AvgIpc) is 2.73. The van der Waals surface area contributed by atoms with E-state index in [1.165, 1.54) is 6.33 Å². The van der Waals surface area contributed by atoms with Gasteiger partial charge in [-0.3, -0.25) is 9.69 Å². The minimum atomic E-state index is -1.13. The average molecular weight is 232 g/mol. The van der Waals surface area contributed by atoms with Crippen molar-refractivity contribution in [2.45, 2.75) is 13.2 Å². The number of carbonyl (C=O) groups is 1. The minimum Gasteiger partial charge on any atom is -0.368 e. The van der Waals surface area contributed by atoms with Gasteiger partial charge in [0.05, 0.1) is 5.03 Å². The molecule has 0 saturated heterocycles. The lowest BCUT2D eigenvalue weighted by atomic mass is 10.3. The van der Waals surface area contributed by atoms with Crippen LogP contribution in [0.3, 0.4) is 0 Å². The summed E-state index contributed by atoms with van der Waals surface area (Å²) in [6, 6.07) is 0. The van der Waals surface area contributed by atoms with E-state index in [-0.39, 0.29) is 10.9 Å². The molecular weight excluding hydrogens is 226 g/mol. The number of halogens is 1. The Bertz CT molecular complexity index is 403. The third-order valence-electron chi connectivity index (χ3n) is 1.92. The molecule has 2 rings (SSSR count). The van der Waals surface area contributed by atoms with Crippen LogP contribution in [-0.2, 0) is 4.79 Å². The summed E-state index contributed by atoms with van der Waals surface area (Å²) in [5.41, 5.74) is 0.342. The van der Waals surface area contributed by atoms with E-state index >= 15 is 0 Å². The zero-order valence-electron chi connectivity index (χ0n) is 7.14. The largest absolute Gasteiger partial charge is 0.368 e. The van der Waals surface area contributed by atoms with Crippen LogP contribution in [0.4, 0.5) is 5.13 Å². The van der Waals surface area contributed by atoms with E-state index in [2.05, 4.69) is 9.36 Å². The number of anilines is 1. The fourth-order valence-electron chi connectivity index (χ4n) is 1.17. The van der Waals surface area contributed by atoms with Crippen LogP contribution in [-0.4, -0.2) is 26.6 Å². The molecule has 0 aliphatic carbocycles. The molecule has 1 atom stereocenters. The molecule has 0 radical (unpaired) electrons. The van der Waals surface area contributed by atoms with Gasteiger partial charge in [-0.25, -0.2) is 4.98 Å². The first-order chi connectivity index (χ1) is 6.63. The van der Waals surface area contributed by atoms with E-state index in [1.54, 1.807) is 6.92 Å². The number of carbonyl (C=O) groups excluding carboxylic acids is 1. The molecule has 0 aromatic carbocycles. The molecular formula is C7H6ClN3O2S. The molecule has 1 aromatic rings. The SMILES string of the molecule is CC1=C(Cl)C(O)N(c2ncns2)C1=O. The highest BCUT2D eigenvalue weighted by Gasteiger charge is 2.37. The molecule has 1 aliphatic heterocycles. The predicted octanol–water partition coefficient (Wildman–Crippen LogP) is 0.716. The van der Waals surface area contributed by atoms with Gasteiger partial charge in [0.2, 0.25) is 5.13 Å². The Hall–Kier alpha value is -0.980. The number of nitrogens with zero attached hydrogens (tertiary/aromatic N) is 3. The monoisotopic (exact) mass is 231 g/mol. The van der Waals surface area contributed by atoms with E-state index in [1.807, 2.05) is 0 Å². The van der Waals surface area contributed by atoms with Crippen molar-refractivity contribution in [3.8, 4) is 0 Å². The van der Waals surface area contributed by atoms with Crippen LogP contribution in [0.25, 0.3) is 0 Å². The molecule has 0 fully saturated rings. The van der Waals surface area contributed by atoms with Crippen LogP contribution in [0.5, 0.6) is 0 Å². The molecule has 1 aromatic heterocycles. The summed E-state index contributed by atoms with van der Waals surface area (Å²) in [6.07, 6.45) is 0.193. The number of amides is 1. The molecule has 14 heavy (non-hydrogen) atoms. The number of hydrogen-bond acceptors (Lipinski definition) is 5. The van der Waals surface area contributed by atoms with Gasteiger partial charge >= 0.3 is 0 Å². The molecule has 1 N–H and O–H groups in total. The summed E-state index contributed by atoms with van der Waals surface area (Å²) in [7, 11) is 0. The van der Waals surface area contributed by atoms with Crippen molar-refractivity contribution in [2.24, 2.45) is 0 Å². The van der Waals surface area contributed by atoms with Crippen LogP contribution in [0.1, 0.15) is 6.92 Å². The van der Waals surface area contributed by atoms with Crippen LogP contribution >= 0.6 is 23.1 Å². The maximum atomic E-state index is 11.6. The Morgan fingerprint density at radius 3 is 2.86 bits per heavy atom. The van der Waals surface area contributed by atoms with Gasteiger partial charge in [0, 0.05) is 17.1 Å². The first kappa shape index (κ1) is 9.57. The predicted molar refractivity (Wildman–Crippen MR) is 52.0 cm³/mol. The van der Waals surface area contributed by atoms with Crippen molar-refractivity contribution in [2.75, 3.05) is 4.90 Å². The molecule has 0 spiro atoms. The first-order valence-electron chi connectivity index (χ1n) is 3.77.